The molecule has 0 radical (unpaired) electrons. The zero-order valence-corrected chi connectivity index (χ0v) is 21.1. The molecule has 32 heavy (non-hydrogen) atoms. The predicted octanol–water partition coefficient (Wildman–Crippen LogP) is 3.43. The van der Waals surface area contributed by atoms with Gasteiger partial charge in [-0.05, 0) is 77.6 Å². The summed E-state index contributed by atoms with van der Waals surface area (Å²) in [4.78, 5) is 28.8. The number of carbonyl (C=O) groups is 2. The Bertz CT molecular complexity index is 907. The zero-order valence-electron chi connectivity index (χ0n) is 20.3. The first-order valence-electron chi connectivity index (χ1n) is 11.0. The van der Waals surface area contributed by atoms with Crippen molar-refractivity contribution in [3.63, 3.8) is 0 Å². The standard InChI is InChI=1S/C23H37N3O5S/c1-17(2)25(7)32(29,30)20-12-10-19(11-13-20)21(27)26-14-8-9-18(16-26)15-24(6)22(28)31-23(3,4)5/h10-13,17-18H,8-9,14-16H2,1-7H3. The van der Waals surface area contributed by atoms with E-state index in [0.717, 1.165) is 12.8 Å². The Morgan fingerprint density at radius 3 is 2.28 bits per heavy atom. The molecule has 0 bridgehead atoms. The minimum atomic E-state index is -3.59. The van der Waals surface area contributed by atoms with Crippen LogP contribution in [0.2, 0.25) is 0 Å². The van der Waals surface area contributed by atoms with E-state index >= 15 is 0 Å². The molecular formula is C23H37N3O5S. The molecular weight excluding hydrogens is 430 g/mol. The topological polar surface area (TPSA) is 87.2 Å². The molecule has 1 aromatic rings. The Kier molecular flexibility index (Phi) is 8.33. The first kappa shape index (κ1) is 26.1. The molecule has 0 spiro atoms. The lowest BCUT2D eigenvalue weighted by Gasteiger charge is -2.35. The number of piperidine rings is 1. The Labute approximate surface area is 192 Å². The molecule has 0 N–H and O–H groups in total. The average Bonchev–Trinajstić information content (AvgIpc) is 2.71. The largest absolute Gasteiger partial charge is 0.444 e. The summed E-state index contributed by atoms with van der Waals surface area (Å²) in [5.41, 5.74) is -0.0962. The van der Waals surface area contributed by atoms with Gasteiger partial charge in [-0.15, -0.1) is 0 Å². The fraction of sp³-hybridized carbons (Fsp3) is 0.652. The van der Waals surface area contributed by atoms with Gasteiger partial charge in [-0.1, -0.05) is 0 Å². The number of hydrogen-bond acceptors (Lipinski definition) is 5. The molecule has 1 heterocycles. The minimum Gasteiger partial charge on any atom is -0.444 e. The van der Waals surface area contributed by atoms with Gasteiger partial charge >= 0.3 is 6.09 Å². The van der Waals surface area contributed by atoms with Gasteiger partial charge in [0, 0.05) is 45.3 Å². The van der Waals surface area contributed by atoms with Crippen LogP contribution in [-0.4, -0.2) is 79.9 Å². The lowest BCUT2D eigenvalue weighted by Crippen LogP contribution is -2.45. The summed E-state index contributed by atoms with van der Waals surface area (Å²) >= 11 is 0. The molecule has 1 unspecified atom stereocenters. The van der Waals surface area contributed by atoms with Crippen LogP contribution in [0.5, 0.6) is 0 Å². The van der Waals surface area contributed by atoms with E-state index in [1.807, 2.05) is 34.6 Å². The molecule has 1 aliphatic rings. The van der Waals surface area contributed by atoms with Crippen molar-refractivity contribution >= 4 is 22.0 Å². The molecule has 1 fully saturated rings. The number of likely N-dealkylation sites (tertiary alicyclic amines) is 1. The van der Waals surface area contributed by atoms with Gasteiger partial charge in [0.2, 0.25) is 10.0 Å². The molecule has 180 valence electrons. The highest BCUT2D eigenvalue weighted by Crippen LogP contribution is 2.22. The fourth-order valence-electron chi connectivity index (χ4n) is 3.60. The molecule has 1 aliphatic heterocycles. The summed E-state index contributed by atoms with van der Waals surface area (Å²) in [5, 5.41) is 0. The summed E-state index contributed by atoms with van der Waals surface area (Å²) in [6, 6.07) is 5.95. The van der Waals surface area contributed by atoms with Crippen molar-refractivity contribution in [1.29, 1.82) is 0 Å². The van der Waals surface area contributed by atoms with Gasteiger partial charge in [0.15, 0.2) is 0 Å². The number of hydrogen-bond donors (Lipinski definition) is 0. The smallest absolute Gasteiger partial charge is 0.410 e. The molecule has 0 aromatic heterocycles. The zero-order chi connectivity index (χ0) is 24.3. The normalized spacial score (nSPS) is 17.5. The monoisotopic (exact) mass is 467 g/mol. The van der Waals surface area contributed by atoms with Crippen molar-refractivity contribution in [3.05, 3.63) is 29.8 Å². The second-order valence-corrected chi connectivity index (χ2v) is 11.8. The van der Waals surface area contributed by atoms with Gasteiger partial charge in [0.1, 0.15) is 5.60 Å². The van der Waals surface area contributed by atoms with E-state index in [4.69, 9.17) is 4.74 Å². The summed E-state index contributed by atoms with van der Waals surface area (Å²) < 4.78 is 32.0. The molecule has 0 aliphatic carbocycles. The van der Waals surface area contributed by atoms with E-state index in [0.29, 0.717) is 25.2 Å². The van der Waals surface area contributed by atoms with Crippen molar-refractivity contribution < 1.29 is 22.7 Å². The van der Waals surface area contributed by atoms with Crippen LogP contribution in [0.1, 0.15) is 57.8 Å². The lowest BCUT2D eigenvalue weighted by atomic mass is 9.97. The number of amides is 2. The van der Waals surface area contributed by atoms with Crippen molar-refractivity contribution in [2.75, 3.05) is 33.7 Å². The highest BCUT2D eigenvalue weighted by molar-refractivity contribution is 7.89. The predicted molar refractivity (Wildman–Crippen MR) is 124 cm³/mol. The highest BCUT2D eigenvalue weighted by Gasteiger charge is 2.28. The van der Waals surface area contributed by atoms with Gasteiger partial charge in [-0.25, -0.2) is 13.2 Å². The number of benzene rings is 1. The highest BCUT2D eigenvalue weighted by atomic mass is 32.2. The van der Waals surface area contributed by atoms with E-state index in [-0.39, 0.29) is 28.9 Å². The minimum absolute atomic E-state index is 0.129. The second-order valence-electron chi connectivity index (χ2n) is 9.76. The van der Waals surface area contributed by atoms with Gasteiger partial charge in [0.05, 0.1) is 4.90 Å². The molecule has 1 atom stereocenters. The van der Waals surface area contributed by atoms with E-state index < -0.39 is 15.6 Å². The average molecular weight is 468 g/mol. The molecule has 0 saturated carbocycles. The van der Waals surface area contributed by atoms with Crippen LogP contribution in [0.4, 0.5) is 4.79 Å². The van der Waals surface area contributed by atoms with Crippen molar-refractivity contribution in [2.24, 2.45) is 5.92 Å². The van der Waals surface area contributed by atoms with Crippen LogP contribution < -0.4 is 0 Å². The number of rotatable bonds is 6. The first-order chi connectivity index (χ1) is 14.7. The van der Waals surface area contributed by atoms with Crippen LogP contribution in [0.25, 0.3) is 0 Å². The van der Waals surface area contributed by atoms with Crippen molar-refractivity contribution in [1.82, 2.24) is 14.1 Å². The summed E-state index contributed by atoms with van der Waals surface area (Å²) in [6.45, 7) is 10.8. The molecule has 9 heteroatoms. The third-order valence-corrected chi connectivity index (χ3v) is 7.60. The molecule has 2 amide bonds. The van der Waals surface area contributed by atoms with E-state index in [2.05, 4.69) is 0 Å². The van der Waals surface area contributed by atoms with Gasteiger partial charge in [-0.2, -0.15) is 4.31 Å². The Balaban J connectivity index is 2.03. The summed E-state index contributed by atoms with van der Waals surface area (Å²) in [7, 11) is -0.337. The molecule has 1 aromatic carbocycles. The summed E-state index contributed by atoms with van der Waals surface area (Å²) in [6.07, 6.45) is 1.41. The van der Waals surface area contributed by atoms with E-state index in [1.54, 1.807) is 36.0 Å². The molecule has 1 saturated heterocycles. The van der Waals surface area contributed by atoms with Crippen molar-refractivity contribution in [2.45, 2.75) is 64.0 Å². The maximum Gasteiger partial charge on any atom is 0.410 e. The third kappa shape index (κ3) is 6.68. The Morgan fingerprint density at radius 1 is 1.16 bits per heavy atom. The quantitative estimate of drug-likeness (QED) is 0.640. The van der Waals surface area contributed by atoms with Crippen LogP contribution in [0.3, 0.4) is 0 Å². The number of sulfonamides is 1. The maximum absolute atomic E-state index is 13.0. The van der Waals surface area contributed by atoms with Gasteiger partial charge < -0.3 is 14.5 Å². The third-order valence-electron chi connectivity index (χ3n) is 5.55. The Morgan fingerprint density at radius 2 is 1.75 bits per heavy atom. The molecule has 8 nitrogen and oxygen atoms in total. The Hall–Kier alpha value is -2.13. The van der Waals surface area contributed by atoms with Gasteiger partial charge in [-0.3, -0.25) is 4.79 Å². The summed E-state index contributed by atoms with van der Waals surface area (Å²) in [5.74, 6) is 0.0281. The van der Waals surface area contributed by atoms with Crippen molar-refractivity contribution in [3.8, 4) is 0 Å². The number of nitrogens with zero attached hydrogens (tertiary/aromatic N) is 3. The number of carbonyl (C=O) groups excluding carboxylic acids is 2. The van der Waals surface area contributed by atoms with E-state index in [9.17, 15) is 18.0 Å². The second kappa shape index (κ2) is 10.2. The maximum atomic E-state index is 13.0. The SMILES string of the molecule is CC(C)N(C)S(=O)(=O)c1ccc(C(=O)N2CCCC(CN(C)C(=O)OC(C)(C)C)C2)cc1. The fourth-order valence-corrected chi connectivity index (χ4v) is 4.96. The van der Waals surface area contributed by atoms with Crippen LogP contribution in [0.15, 0.2) is 29.2 Å². The lowest BCUT2D eigenvalue weighted by molar-refractivity contribution is 0.0244. The van der Waals surface area contributed by atoms with Crippen LogP contribution >= 0.6 is 0 Å². The molecule has 2 rings (SSSR count). The van der Waals surface area contributed by atoms with Crippen LogP contribution in [-0.2, 0) is 14.8 Å². The number of ether oxygens (including phenoxy) is 1. The van der Waals surface area contributed by atoms with E-state index in [1.165, 1.54) is 16.4 Å². The van der Waals surface area contributed by atoms with Crippen LogP contribution in [0, 0.1) is 5.92 Å². The first-order valence-corrected chi connectivity index (χ1v) is 12.5. The van der Waals surface area contributed by atoms with Gasteiger partial charge in [0.25, 0.3) is 5.91 Å².